The molecule has 0 spiro atoms. The third kappa shape index (κ3) is 5.24. The molecule has 0 N–H and O–H groups in total. The number of fused-ring (bicyclic) bond motifs is 6. The van der Waals surface area contributed by atoms with E-state index in [1.807, 2.05) is 0 Å². The molecule has 1 aliphatic carbocycles. The van der Waals surface area contributed by atoms with Crippen LogP contribution in [-0.4, -0.2) is 4.57 Å². The van der Waals surface area contributed by atoms with Gasteiger partial charge in [0.2, 0.25) is 0 Å². The second kappa shape index (κ2) is 13.5. The van der Waals surface area contributed by atoms with Gasteiger partial charge in [0.05, 0.1) is 11.0 Å². The molecule has 0 amide bonds. The monoisotopic (exact) mass is 739 g/mol. The average Bonchev–Trinajstić information content (AvgIpc) is 3.75. The molecule has 0 atom stereocenters. The van der Waals surface area contributed by atoms with Crippen LogP contribution >= 0.6 is 0 Å². The van der Waals surface area contributed by atoms with Crippen molar-refractivity contribution in [2.75, 3.05) is 0 Å². The number of benzene rings is 9. The smallest absolute Gasteiger partial charge is 0.0632 e. The first-order valence-corrected chi connectivity index (χ1v) is 20.3. The molecule has 9 aromatic carbocycles. The topological polar surface area (TPSA) is 4.93 Å². The summed E-state index contributed by atoms with van der Waals surface area (Å²) in [5.41, 5.74) is 21.1. The summed E-state index contributed by atoms with van der Waals surface area (Å²) in [4.78, 5) is 0. The largest absolute Gasteiger partial charge is 0.309 e. The maximum Gasteiger partial charge on any atom is 0.0632 e. The van der Waals surface area contributed by atoms with E-state index in [0.717, 1.165) is 5.69 Å². The Morgan fingerprint density at radius 3 is 1.43 bits per heavy atom. The predicted molar refractivity (Wildman–Crippen MR) is 246 cm³/mol. The fourth-order valence-corrected chi connectivity index (χ4v) is 9.76. The Kier molecular flexibility index (Phi) is 7.91. The highest BCUT2D eigenvalue weighted by molar-refractivity contribution is 6.26. The zero-order valence-electron chi connectivity index (χ0n) is 32.7. The van der Waals surface area contributed by atoms with Crippen LogP contribution in [0.4, 0.5) is 0 Å². The van der Waals surface area contributed by atoms with Crippen LogP contribution in [0, 0.1) is 0 Å². The van der Waals surface area contributed by atoms with E-state index in [2.05, 4.69) is 231 Å². The minimum absolute atomic E-state index is 0.0150. The first-order valence-electron chi connectivity index (χ1n) is 20.3. The number of aromatic nitrogens is 1. The van der Waals surface area contributed by atoms with E-state index in [9.17, 15) is 0 Å². The molecule has 1 heterocycles. The molecular weight excluding hydrogens is 699 g/mol. The molecule has 0 saturated carbocycles. The molecule has 0 aliphatic heterocycles. The predicted octanol–water partition coefficient (Wildman–Crippen LogP) is 15.4. The minimum Gasteiger partial charge on any atom is -0.309 e. The first kappa shape index (κ1) is 34.1. The first-order chi connectivity index (χ1) is 28.6. The lowest BCUT2D eigenvalue weighted by molar-refractivity contribution is 0.660. The van der Waals surface area contributed by atoms with Gasteiger partial charge in [0, 0.05) is 38.6 Å². The Balaban J connectivity index is 1.24. The Bertz CT molecular complexity index is 3140. The second-order valence-corrected chi connectivity index (χ2v) is 16.0. The van der Waals surface area contributed by atoms with E-state index in [4.69, 9.17) is 0 Å². The summed E-state index contributed by atoms with van der Waals surface area (Å²) < 4.78 is 2.52. The second-order valence-electron chi connectivity index (χ2n) is 16.0. The van der Waals surface area contributed by atoms with E-state index in [0.29, 0.717) is 0 Å². The van der Waals surface area contributed by atoms with Gasteiger partial charge in [-0.25, -0.2) is 0 Å². The molecule has 274 valence electrons. The van der Waals surface area contributed by atoms with Crippen LogP contribution in [0.3, 0.4) is 0 Å². The van der Waals surface area contributed by atoms with Crippen molar-refractivity contribution in [2.45, 2.75) is 19.3 Å². The van der Waals surface area contributed by atoms with Gasteiger partial charge in [0.1, 0.15) is 0 Å². The van der Waals surface area contributed by atoms with E-state index in [1.54, 1.807) is 0 Å². The van der Waals surface area contributed by atoms with Crippen molar-refractivity contribution >= 4 is 21.8 Å². The van der Waals surface area contributed by atoms with Crippen molar-refractivity contribution in [3.05, 3.63) is 223 Å². The van der Waals surface area contributed by atoms with Gasteiger partial charge >= 0.3 is 0 Å². The van der Waals surface area contributed by atoms with E-state index >= 15 is 0 Å². The van der Waals surface area contributed by atoms with Gasteiger partial charge in [-0.05, 0) is 85.5 Å². The lowest BCUT2D eigenvalue weighted by Gasteiger charge is -2.24. The zero-order chi connectivity index (χ0) is 38.8. The van der Waals surface area contributed by atoms with E-state index in [-0.39, 0.29) is 5.41 Å². The summed E-state index contributed by atoms with van der Waals surface area (Å²) in [6.07, 6.45) is 0. The molecular formula is C57H41N. The third-order valence-corrected chi connectivity index (χ3v) is 12.4. The fraction of sp³-hybridized carbons (Fsp3) is 0.0526. The summed E-state index contributed by atoms with van der Waals surface area (Å²) in [6.45, 7) is 4.69. The van der Waals surface area contributed by atoms with Gasteiger partial charge in [-0.3, -0.25) is 0 Å². The van der Waals surface area contributed by atoms with Crippen molar-refractivity contribution in [1.29, 1.82) is 0 Å². The Morgan fingerprint density at radius 2 is 0.810 bits per heavy atom. The van der Waals surface area contributed by atoms with Crippen molar-refractivity contribution in [1.82, 2.24) is 4.57 Å². The fourth-order valence-electron chi connectivity index (χ4n) is 9.76. The molecule has 0 saturated heterocycles. The molecule has 1 aliphatic rings. The van der Waals surface area contributed by atoms with Gasteiger partial charge < -0.3 is 4.57 Å². The van der Waals surface area contributed by atoms with Crippen molar-refractivity contribution < 1.29 is 0 Å². The van der Waals surface area contributed by atoms with Crippen LogP contribution in [0.2, 0.25) is 0 Å². The standard InChI is InChI=1S/C57H41N/c1-57(2)48-29-17-15-27-45(48)47-37-43(33-36-49(47)57)38-31-34-44(35-32-38)58-50-30-18-16-28-46(50)55-53(41-23-11-5-12-24-41)51(39-19-7-3-8-20-39)52(40-21-9-4-10-22-40)54(56(55)58)42-25-13-6-14-26-42/h3-37H,1-2H3. The van der Waals surface area contributed by atoms with Gasteiger partial charge in [0.25, 0.3) is 0 Å². The van der Waals surface area contributed by atoms with Crippen LogP contribution in [0.15, 0.2) is 212 Å². The quantitative estimate of drug-likeness (QED) is 0.160. The molecule has 0 fully saturated rings. The number of nitrogens with zero attached hydrogens (tertiary/aromatic N) is 1. The molecule has 0 radical (unpaired) electrons. The number of hydrogen-bond acceptors (Lipinski definition) is 0. The highest BCUT2D eigenvalue weighted by Gasteiger charge is 2.35. The van der Waals surface area contributed by atoms with Crippen LogP contribution in [0.1, 0.15) is 25.0 Å². The SMILES string of the molecule is CC1(C)c2ccccc2-c2cc(-c3ccc(-n4c5ccccc5c5c(-c6ccccc6)c(-c6ccccc6)c(-c6ccccc6)c(-c6ccccc6)c54)cc3)ccc21. The molecule has 1 aromatic heterocycles. The molecule has 1 heteroatoms. The lowest BCUT2D eigenvalue weighted by Crippen LogP contribution is -2.14. The van der Waals surface area contributed by atoms with Gasteiger partial charge in [0.15, 0.2) is 0 Å². The maximum atomic E-state index is 2.52. The Hall–Kier alpha value is -7.22. The zero-order valence-corrected chi connectivity index (χ0v) is 32.7. The highest BCUT2D eigenvalue weighted by atomic mass is 15.0. The Labute approximate surface area is 340 Å². The van der Waals surface area contributed by atoms with E-state index in [1.165, 1.54) is 99.7 Å². The average molecular weight is 740 g/mol. The minimum atomic E-state index is -0.0150. The lowest BCUT2D eigenvalue weighted by atomic mass is 9.80. The van der Waals surface area contributed by atoms with Crippen LogP contribution in [0.5, 0.6) is 0 Å². The summed E-state index contributed by atoms with van der Waals surface area (Å²) >= 11 is 0. The number of rotatable bonds is 6. The molecule has 0 bridgehead atoms. The van der Waals surface area contributed by atoms with Gasteiger partial charge in [-0.2, -0.15) is 0 Å². The van der Waals surface area contributed by atoms with Crippen molar-refractivity contribution in [3.8, 4) is 72.4 Å². The summed E-state index contributed by atoms with van der Waals surface area (Å²) in [7, 11) is 0. The summed E-state index contributed by atoms with van der Waals surface area (Å²) in [5.74, 6) is 0. The van der Waals surface area contributed by atoms with Gasteiger partial charge in [-0.1, -0.05) is 202 Å². The highest BCUT2D eigenvalue weighted by Crippen LogP contribution is 2.54. The molecule has 1 nitrogen and oxygen atoms in total. The number of para-hydroxylation sites is 1. The summed E-state index contributed by atoms with van der Waals surface area (Å²) in [5, 5.41) is 2.48. The maximum absolute atomic E-state index is 2.52. The molecule has 10 aromatic rings. The van der Waals surface area contributed by atoms with E-state index < -0.39 is 0 Å². The molecule has 11 rings (SSSR count). The van der Waals surface area contributed by atoms with Crippen LogP contribution in [-0.2, 0) is 5.41 Å². The normalized spacial score (nSPS) is 12.8. The van der Waals surface area contributed by atoms with Crippen LogP contribution in [0.25, 0.3) is 94.3 Å². The van der Waals surface area contributed by atoms with Crippen LogP contribution < -0.4 is 0 Å². The number of hydrogen-bond donors (Lipinski definition) is 0. The Morgan fingerprint density at radius 1 is 0.345 bits per heavy atom. The van der Waals surface area contributed by atoms with Gasteiger partial charge in [-0.15, -0.1) is 0 Å². The molecule has 0 unspecified atom stereocenters. The summed E-state index contributed by atoms with van der Waals surface area (Å²) in [6, 6.07) is 78.1. The molecule has 58 heavy (non-hydrogen) atoms. The third-order valence-electron chi connectivity index (χ3n) is 12.4. The van der Waals surface area contributed by atoms with Crippen molar-refractivity contribution in [2.24, 2.45) is 0 Å². The van der Waals surface area contributed by atoms with Crippen molar-refractivity contribution in [3.63, 3.8) is 0 Å².